The Morgan fingerprint density at radius 1 is 0.793 bits per heavy atom. The Kier molecular flexibility index (Phi) is 6.26. The van der Waals surface area contributed by atoms with E-state index in [-0.39, 0.29) is 11.1 Å². The fourth-order valence-electron chi connectivity index (χ4n) is 2.21. The molecule has 29 heavy (non-hydrogen) atoms. The topological polar surface area (TPSA) is 38.3 Å². The van der Waals surface area contributed by atoms with Gasteiger partial charge in [-0.25, -0.2) is 0 Å². The zero-order chi connectivity index (χ0) is 23.2. The summed E-state index contributed by atoms with van der Waals surface area (Å²) in [6.45, 7) is 3.97. The number of aryl methyl sites for hydroxylation is 3. The molecule has 0 aliphatic carbocycles. The van der Waals surface area contributed by atoms with Crippen LogP contribution in [0, 0.1) is 20.8 Å². The van der Waals surface area contributed by atoms with Crippen molar-refractivity contribution in [3.8, 4) is 0 Å². The van der Waals surface area contributed by atoms with Gasteiger partial charge in [0.2, 0.25) is 0 Å². The van der Waals surface area contributed by atoms with E-state index in [4.69, 9.17) is 0 Å². The van der Waals surface area contributed by atoms with Crippen molar-refractivity contribution in [2.75, 3.05) is 5.32 Å². The molecule has 0 saturated heterocycles. The molecule has 3 nitrogen and oxygen atoms in total. The SMILES string of the molecule is Cc1cc(C)c(NC(=O)[C@@](F)(OC(F)(F)C(F)(F)C(F)(F)F)C(F)(F)F)c(C)c1. The van der Waals surface area contributed by atoms with Crippen molar-refractivity contribution >= 4 is 11.6 Å². The van der Waals surface area contributed by atoms with Crippen LogP contribution < -0.4 is 5.32 Å². The van der Waals surface area contributed by atoms with Crippen LogP contribution in [0.3, 0.4) is 0 Å². The van der Waals surface area contributed by atoms with Gasteiger partial charge in [-0.15, -0.1) is 0 Å². The first-order valence-electron chi connectivity index (χ1n) is 7.35. The molecule has 1 rings (SSSR count). The zero-order valence-electron chi connectivity index (χ0n) is 14.6. The van der Waals surface area contributed by atoms with Crippen LogP contribution in [0.4, 0.5) is 54.0 Å². The van der Waals surface area contributed by atoms with E-state index < -0.39 is 41.8 Å². The fraction of sp³-hybridized carbons (Fsp3) is 0.533. The summed E-state index contributed by atoms with van der Waals surface area (Å²) in [5, 5.41) is 1.25. The van der Waals surface area contributed by atoms with Crippen LogP contribution in [0.15, 0.2) is 12.1 Å². The first-order chi connectivity index (χ1) is 12.7. The summed E-state index contributed by atoms with van der Waals surface area (Å²) in [6.07, 6.45) is -20.9. The van der Waals surface area contributed by atoms with Crippen molar-refractivity contribution in [2.24, 2.45) is 0 Å². The number of carbonyl (C=O) groups is 1. The molecule has 166 valence electrons. The Morgan fingerprint density at radius 2 is 1.21 bits per heavy atom. The number of carbonyl (C=O) groups excluding carboxylic acids is 1. The van der Waals surface area contributed by atoms with Gasteiger partial charge in [-0.2, -0.15) is 48.3 Å². The molecule has 1 atom stereocenters. The third-order valence-corrected chi connectivity index (χ3v) is 3.56. The second-order valence-electron chi connectivity index (χ2n) is 6.01. The minimum absolute atomic E-state index is 0.0211. The molecule has 0 radical (unpaired) electrons. The summed E-state index contributed by atoms with van der Waals surface area (Å²) in [6, 6.07) is 2.56. The Balaban J connectivity index is 3.41. The van der Waals surface area contributed by atoms with E-state index in [1.54, 1.807) is 0 Å². The summed E-state index contributed by atoms with van der Waals surface area (Å²) < 4.78 is 143. The van der Waals surface area contributed by atoms with E-state index in [2.05, 4.69) is 4.74 Å². The summed E-state index contributed by atoms with van der Waals surface area (Å²) in [4.78, 5) is 11.7. The van der Waals surface area contributed by atoms with Crippen LogP contribution in [-0.2, 0) is 9.53 Å². The van der Waals surface area contributed by atoms with Gasteiger partial charge in [0.05, 0.1) is 0 Å². The molecule has 1 N–H and O–H groups in total. The summed E-state index contributed by atoms with van der Waals surface area (Å²) in [5.74, 6) is -16.6. The Labute approximate surface area is 155 Å². The van der Waals surface area contributed by atoms with E-state index >= 15 is 0 Å². The van der Waals surface area contributed by atoms with Crippen molar-refractivity contribution in [1.29, 1.82) is 0 Å². The highest BCUT2D eigenvalue weighted by molar-refractivity contribution is 5.98. The lowest BCUT2D eigenvalue weighted by Gasteiger charge is -2.34. The molecule has 0 fully saturated rings. The van der Waals surface area contributed by atoms with Gasteiger partial charge in [0.1, 0.15) is 0 Å². The second-order valence-corrected chi connectivity index (χ2v) is 6.01. The molecule has 0 heterocycles. The predicted molar refractivity (Wildman–Crippen MR) is 76.2 cm³/mol. The van der Waals surface area contributed by atoms with E-state index in [1.165, 1.54) is 38.2 Å². The van der Waals surface area contributed by atoms with Crippen molar-refractivity contribution in [2.45, 2.75) is 51.0 Å². The average Bonchev–Trinajstić information content (AvgIpc) is 2.47. The highest BCUT2D eigenvalue weighted by atomic mass is 19.4. The monoisotopic (exact) mass is 447 g/mol. The van der Waals surface area contributed by atoms with Crippen LogP contribution in [-0.4, -0.2) is 36.1 Å². The molecule has 0 aromatic heterocycles. The lowest BCUT2D eigenvalue weighted by atomic mass is 10.0. The van der Waals surface area contributed by atoms with Crippen molar-refractivity contribution in [1.82, 2.24) is 0 Å². The standard InChI is InChI=1S/C15H12F11NO2/c1-6-4-7(2)9(8(3)5-6)27-10(28)11(16,13(19,20)21)29-15(25,26)12(17,18)14(22,23)24/h4-5H,1-3H3,(H,27,28)/t11-/m1/s1. The third-order valence-electron chi connectivity index (χ3n) is 3.56. The van der Waals surface area contributed by atoms with E-state index in [9.17, 15) is 53.1 Å². The molecule has 0 spiro atoms. The minimum atomic E-state index is -7.24. The molecule has 1 aromatic carbocycles. The molecule has 14 heteroatoms. The largest absolute Gasteiger partial charge is 0.462 e. The van der Waals surface area contributed by atoms with Gasteiger partial charge < -0.3 is 5.32 Å². The van der Waals surface area contributed by atoms with Crippen LogP contribution in [0.5, 0.6) is 0 Å². The van der Waals surface area contributed by atoms with Gasteiger partial charge in [-0.3, -0.25) is 9.53 Å². The maximum absolute atomic E-state index is 14.2. The first kappa shape index (κ1) is 24.9. The quantitative estimate of drug-likeness (QED) is 0.599. The normalized spacial score (nSPS) is 15.8. The number of nitrogens with one attached hydrogen (secondary N) is 1. The zero-order valence-corrected chi connectivity index (χ0v) is 14.6. The molecule has 1 aromatic rings. The molecule has 0 aliphatic rings. The van der Waals surface area contributed by atoms with Gasteiger partial charge in [0.25, 0.3) is 5.91 Å². The molecule has 0 bridgehead atoms. The summed E-state index contributed by atoms with van der Waals surface area (Å²) >= 11 is 0. The number of benzene rings is 1. The number of alkyl halides is 11. The van der Waals surface area contributed by atoms with E-state index in [0.717, 1.165) is 0 Å². The number of hydrogen-bond donors (Lipinski definition) is 1. The molecular weight excluding hydrogens is 435 g/mol. The maximum Gasteiger partial charge on any atom is 0.462 e. The summed E-state index contributed by atoms with van der Waals surface area (Å²) in [7, 11) is 0. The summed E-state index contributed by atoms with van der Waals surface area (Å²) in [5.41, 5.74) is 0.0646. The van der Waals surface area contributed by atoms with Crippen LogP contribution in [0.2, 0.25) is 0 Å². The molecular formula is C15H12F11NO2. The highest BCUT2D eigenvalue weighted by Crippen LogP contribution is 2.51. The molecule has 0 saturated carbocycles. The second kappa shape index (κ2) is 7.29. The molecule has 0 aliphatic heterocycles. The van der Waals surface area contributed by atoms with Crippen molar-refractivity contribution in [3.05, 3.63) is 28.8 Å². The number of ether oxygens (including phenoxy) is 1. The number of halogens is 11. The van der Waals surface area contributed by atoms with Crippen LogP contribution in [0.25, 0.3) is 0 Å². The average molecular weight is 447 g/mol. The van der Waals surface area contributed by atoms with Gasteiger partial charge >= 0.3 is 30.2 Å². The lowest BCUT2D eigenvalue weighted by molar-refractivity contribution is -0.472. The van der Waals surface area contributed by atoms with Gasteiger partial charge in [0.15, 0.2) is 0 Å². The Hall–Kier alpha value is -2.12. The van der Waals surface area contributed by atoms with Gasteiger partial charge in [-0.1, -0.05) is 17.7 Å². The van der Waals surface area contributed by atoms with E-state index in [1.807, 2.05) is 0 Å². The highest BCUT2D eigenvalue weighted by Gasteiger charge is 2.79. The fourth-order valence-corrected chi connectivity index (χ4v) is 2.21. The third kappa shape index (κ3) is 4.56. The number of amides is 1. The lowest BCUT2D eigenvalue weighted by Crippen LogP contribution is -2.62. The molecule has 1 amide bonds. The minimum Gasteiger partial charge on any atom is -0.320 e. The van der Waals surface area contributed by atoms with E-state index in [0.29, 0.717) is 5.56 Å². The molecule has 0 unspecified atom stereocenters. The van der Waals surface area contributed by atoms with Crippen LogP contribution >= 0.6 is 0 Å². The van der Waals surface area contributed by atoms with Crippen molar-refractivity contribution in [3.63, 3.8) is 0 Å². The van der Waals surface area contributed by atoms with Crippen molar-refractivity contribution < 1.29 is 57.8 Å². The first-order valence-corrected chi connectivity index (χ1v) is 7.35. The van der Waals surface area contributed by atoms with Crippen LogP contribution in [0.1, 0.15) is 16.7 Å². The van der Waals surface area contributed by atoms with Gasteiger partial charge in [0, 0.05) is 5.69 Å². The maximum atomic E-state index is 14.2. The number of hydrogen-bond acceptors (Lipinski definition) is 2. The number of rotatable bonds is 5. The smallest absolute Gasteiger partial charge is 0.320 e. The predicted octanol–water partition coefficient (Wildman–Crippen LogP) is 5.59. The number of anilines is 1. The Bertz CT molecular complexity index is 762. The van der Waals surface area contributed by atoms with Gasteiger partial charge in [-0.05, 0) is 31.9 Å². The Morgan fingerprint density at radius 3 is 1.55 bits per heavy atom.